The van der Waals surface area contributed by atoms with Crippen LogP contribution in [0.15, 0.2) is 24.3 Å². The highest BCUT2D eigenvalue weighted by Crippen LogP contribution is 2.26. The van der Waals surface area contributed by atoms with Gasteiger partial charge in [-0.15, -0.1) is 10.2 Å². The van der Waals surface area contributed by atoms with E-state index in [0.717, 1.165) is 5.56 Å². The number of nitrogens with two attached hydrogens (primary N) is 1. The summed E-state index contributed by atoms with van der Waals surface area (Å²) in [5.74, 6) is -0.501. The van der Waals surface area contributed by atoms with Crippen molar-refractivity contribution in [3.63, 3.8) is 0 Å². The molecule has 0 spiro atoms. The molecule has 3 N–H and O–H groups in total. The molecule has 0 atom stereocenters. The van der Waals surface area contributed by atoms with Crippen molar-refractivity contribution >= 4 is 22.4 Å². The molecule has 0 bridgehead atoms. The average molecular weight is 266 g/mol. The molecular weight excluding hydrogens is 255 g/mol. The van der Waals surface area contributed by atoms with Crippen LogP contribution in [0.1, 0.15) is 6.42 Å². The fourth-order valence-electron chi connectivity index (χ4n) is 1.30. The summed E-state index contributed by atoms with van der Waals surface area (Å²) in [6.07, 6.45) is 0.242. The molecule has 1 heterocycles. The van der Waals surface area contributed by atoms with E-state index in [9.17, 15) is 9.18 Å². The van der Waals surface area contributed by atoms with Gasteiger partial charge in [-0.25, -0.2) is 4.39 Å². The van der Waals surface area contributed by atoms with Crippen LogP contribution < -0.4 is 11.1 Å². The van der Waals surface area contributed by atoms with E-state index in [0.29, 0.717) is 10.1 Å². The number of anilines is 1. The monoisotopic (exact) mass is 266 g/mol. The number of hydrogen-bond donors (Lipinski definition) is 2. The van der Waals surface area contributed by atoms with E-state index in [2.05, 4.69) is 15.5 Å². The Labute approximate surface area is 107 Å². The molecular formula is C11H11FN4OS. The molecule has 1 amide bonds. The van der Waals surface area contributed by atoms with Crippen molar-refractivity contribution in [1.82, 2.24) is 10.2 Å². The lowest BCUT2D eigenvalue weighted by molar-refractivity contribution is -0.116. The molecule has 94 valence electrons. The highest BCUT2D eigenvalue weighted by atomic mass is 32.1. The van der Waals surface area contributed by atoms with Crippen LogP contribution in [-0.4, -0.2) is 22.6 Å². The van der Waals surface area contributed by atoms with Crippen molar-refractivity contribution in [2.45, 2.75) is 6.42 Å². The first-order chi connectivity index (χ1) is 8.69. The maximum atomic E-state index is 12.8. The lowest BCUT2D eigenvalue weighted by atomic mass is 10.2. The molecule has 18 heavy (non-hydrogen) atoms. The van der Waals surface area contributed by atoms with Gasteiger partial charge in [0, 0.05) is 18.5 Å². The smallest absolute Gasteiger partial charge is 0.227 e. The number of amides is 1. The maximum Gasteiger partial charge on any atom is 0.227 e. The minimum Gasteiger partial charge on any atom is -0.330 e. The molecule has 0 radical (unpaired) electrons. The van der Waals surface area contributed by atoms with E-state index in [4.69, 9.17) is 5.73 Å². The van der Waals surface area contributed by atoms with Gasteiger partial charge in [-0.3, -0.25) is 4.79 Å². The zero-order valence-corrected chi connectivity index (χ0v) is 10.2. The first kappa shape index (κ1) is 12.6. The van der Waals surface area contributed by atoms with E-state index in [1.807, 2.05) is 0 Å². The summed E-state index contributed by atoms with van der Waals surface area (Å²) in [6.45, 7) is 0.287. The molecule has 0 aliphatic heterocycles. The molecule has 0 saturated carbocycles. The molecule has 5 nitrogen and oxygen atoms in total. The fraction of sp³-hybridized carbons (Fsp3) is 0.182. The van der Waals surface area contributed by atoms with Gasteiger partial charge in [0.2, 0.25) is 11.0 Å². The van der Waals surface area contributed by atoms with Gasteiger partial charge < -0.3 is 11.1 Å². The maximum absolute atomic E-state index is 12.8. The summed E-state index contributed by atoms with van der Waals surface area (Å²) in [4.78, 5) is 11.3. The van der Waals surface area contributed by atoms with Crippen molar-refractivity contribution in [3.05, 3.63) is 30.1 Å². The summed E-state index contributed by atoms with van der Waals surface area (Å²) in [5.41, 5.74) is 6.02. The van der Waals surface area contributed by atoms with Gasteiger partial charge in [0.25, 0.3) is 0 Å². The van der Waals surface area contributed by atoms with Crippen molar-refractivity contribution in [1.29, 1.82) is 0 Å². The Morgan fingerprint density at radius 2 is 2.06 bits per heavy atom. The second-order valence-electron chi connectivity index (χ2n) is 3.51. The second-order valence-corrected chi connectivity index (χ2v) is 4.48. The predicted molar refractivity (Wildman–Crippen MR) is 67.6 cm³/mol. The minimum atomic E-state index is -0.306. The molecule has 1 aromatic heterocycles. The van der Waals surface area contributed by atoms with Crippen molar-refractivity contribution < 1.29 is 9.18 Å². The number of hydrogen-bond acceptors (Lipinski definition) is 5. The lowest BCUT2D eigenvalue weighted by Crippen LogP contribution is -2.15. The quantitative estimate of drug-likeness (QED) is 0.881. The predicted octanol–water partition coefficient (Wildman–Crippen LogP) is 1.63. The summed E-state index contributed by atoms with van der Waals surface area (Å²) in [6, 6.07) is 5.93. The zero-order valence-electron chi connectivity index (χ0n) is 9.39. The standard InChI is InChI=1S/C11H11FN4OS/c12-8-3-1-7(2-4-8)10-15-16-11(18-10)14-9(17)5-6-13/h1-4H,5-6,13H2,(H,14,16,17). The minimum absolute atomic E-state index is 0.195. The fourth-order valence-corrected chi connectivity index (χ4v) is 2.06. The van der Waals surface area contributed by atoms with E-state index in [-0.39, 0.29) is 24.7 Å². The SMILES string of the molecule is NCCC(=O)Nc1nnc(-c2ccc(F)cc2)s1. The first-order valence-corrected chi connectivity index (χ1v) is 6.10. The van der Waals surface area contributed by atoms with Gasteiger partial charge >= 0.3 is 0 Å². The second kappa shape index (κ2) is 5.65. The summed E-state index contributed by atoms with van der Waals surface area (Å²) < 4.78 is 12.8. The van der Waals surface area contributed by atoms with Crippen molar-refractivity contribution in [3.8, 4) is 10.6 Å². The number of carbonyl (C=O) groups is 1. The van der Waals surface area contributed by atoms with Gasteiger partial charge in [0.15, 0.2) is 0 Å². The topological polar surface area (TPSA) is 80.9 Å². The largest absolute Gasteiger partial charge is 0.330 e. The van der Waals surface area contributed by atoms with E-state index in [1.165, 1.54) is 23.5 Å². The number of nitrogens with zero attached hydrogens (tertiary/aromatic N) is 2. The normalized spacial score (nSPS) is 10.3. The van der Waals surface area contributed by atoms with Gasteiger partial charge in [-0.2, -0.15) is 0 Å². The highest BCUT2D eigenvalue weighted by Gasteiger charge is 2.09. The van der Waals surface area contributed by atoms with E-state index >= 15 is 0 Å². The highest BCUT2D eigenvalue weighted by molar-refractivity contribution is 7.18. The number of halogens is 1. The Bertz CT molecular complexity index is 540. The third kappa shape index (κ3) is 3.08. The van der Waals surface area contributed by atoms with Gasteiger partial charge in [0.1, 0.15) is 10.8 Å². The van der Waals surface area contributed by atoms with Gasteiger partial charge in [-0.1, -0.05) is 11.3 Å². The Kier molecular flexibility index (Phi) is 3.96. The Morgan fingerprint density at radius 1 is 1.33 bits per heavy atom. The van der Waals surface area contributed by atoms with Crippen LogP contribution in [0.25, 0.3) is 10.6 Å². The van der Waals surface area contributed by atoms with Crippen LogP contribution in [0.3, 0.4) is 0 Å². The number of benzene rings is 1. The number of nitrogens with one attached hydrogen (secondary N) is 1. The summed E-state index contributed by atoms with van der Waals surface area (Å²) in [5, 5.41) is 11.4. The van der Waals surface area contributed by atoms with E-state index < -0.39 is 0 Å². The summed E-state index contributed by atoms with van der Waals surface area (Å²) in [7, 11) is 0. The molecule has 0 fully saturated rings. The molecule has 2 aromatic rings. The van der Waals surface area contributed by atoms with Crippen LogP contribution in [0, 0.1) is 5.82 Å². The Hall–Kier alpha value is -1.86. The van der Waals surface area contributed by atoms with Gasteiger partial charge in [-0.05, 0) is 24.3 Å². The van der Waals surface area contributed by atoms with Crippen molar-refractivity contribution in [2.75, 3.05) is 11.9 Å². The zero-order chi connectivity index (χ0) is 13.0. The van der Waals surface area contributed by atoms with Crippen LogP contribution in [0.2, 0.25) is 0 Å². The lowest BCUT2D eigenvalue weighted by Gasteiger charge is -1.97. The Balaban J connectivity index is 2.10. The van der Waals surface area contributed by atoms with Crippen LogP contribution in [-0.2, 0) is 4.79 Å². The van der Waals surface area contributed by atoms with Crippen LogP contribution in [0.4, 0.5) is 9.52 Å². The molecule has 2 rings (SSSR count). The number of carbonyl (C=O) groups excluding carboxylic acids is 1. The third-order valence-electron chi connectivity index (χ3n) is 2.13. The van der Waals surface area contributed by atoms with E-state index in [1.54, 1.807) is 12.1 Å². The Morgan fingerprint density at radius 3 is 2.72 bits per heavy atom. The molecule has 0 saturated heterocycles. The van der Waals surface area contributed by atoms with Crippen LogP contribution in [0.5, 0.6) is 0 Å². The first-order valence-electron chi connectivity index (χ1n) is 5.28. The number of rotatable bonds is 4. The molecule has 0 aliphatic carbocycles. The van der Waals surface area contributed by atoms with Crippen LogP contribution >= 0.6 is 11.3 Å². The van der Waals surface area contributed by atoms with Gasteiger partial charge in [0.05, 0.1) is 0 Å². The third-order valence-corrected chi connectivity index (χ3v) is 3.02. The number of aromatic nitrogens is 2. The average Bonchev–Trinajstić information content (AvgIpc) is 2.78. The molecule has 1 aromatic carbocycles. The molecule has 0 aliphatic rings. The van der Waals surface area contributed by atoms with Crippen molar-refractivity contribution in [2.24, 2.45) is 5.73 Å². The molecule has 7 heteroatoms. The summed E-state index contributed by atoms with van der Waals surface area (Å²) >= 11 is 1.23. The molecule has 0 unspecified atom stereocenters.